The molecule has 1 aromatic rings. The largest absolute Gasteiger partial charge is 0.478 e. The first-order chi connectivity index (χ1) is 12.7. The zero-order valence-corrected chi connectivity index (χ0v) is 17.4. The van der Waals surface area contributed by atoms with E-state index in [1.54, 1.807) is 7.11 Å². The van der Waals surface area contributed by atoms with Crippen LogP contribution in [0, 0.1) is 18.8 Å². The highest BCUT2D eigenvalue weighted by Gasteiger charge is 2.55. The lowest BCUT2D eigenvalue weighted by atomic mass is 9.67. The number of hydrogen-bond donors (Lipinski definition) is 1. The summed E-state index contributed by atoms with van der Waals surface area (Å²) in [5, 5.41) is 3.22. The lowest BCUT2D eigenvalue weighted by molar-refractivity contribution is -0.142. The van der Waals surface area contributed by atoms with E-state index < -0.39 is 5.60 Å². The molecule has 0 radical (unpaired) electrons. The molecule has 3 rings (SSSR count). The minimum Gasteiger partial charge on any atom is -0.478 e. The maximum absolute atomic E-state index is 13.1. The molecule has 27 heavy (non-hydrogen) atoms. The normalized spacial score (nSPS) is 27.2. The molecule has 5 nitrogen and oxygen atoms in total. The second kappa shape index (κ2) is 7.80. The molecule has 0 bridgehead atoms. The monoisotopic (exact) mass is 375 g/mol. The minimum absolute atomic E-state index is 0.0878. The van der Waals surface area contributed by atoms with Crippen LogP contribution in [-0.4, -0.2) is 44.0 Å². The van der Waals surface area contributed by atoms with Gasteiger partial charge in [-0.05, 0) is 50.3 Å². The predicted molar refractivity (Wildman–Crippen MR) is 105 cm³/mol. The average molecular weight is 376 g/mol. The fraction of sp³-hybridized carbons (Fsp3) is 0.682. The number of methoxy groups -OCH3 is 1. The Morgan fingerprint density at radius 2 is 2.11 bits per heavy atom. The van der Waals surface area contributed by atoms with Gasteiger partial charge in [-0.1, -0.05) is 26.0 Å². The zero-order chi connectivity index (χ0) is 19.8. The van der Waals surface area contributed by atoms with Crippen molar-refractivity contribution in [2.45, 2.75) is 64.7 Å². The molecule has 0 aromatic heterocycles. The predicted octanol–water partition coefficient (Wildman–Crippen LogP) is 3.44. The van der Waals surface area contributed by atoms with Gasteiger partial charge in [0.15, 0.2) is 5.60 Å². The summed E-state index contributed by atoms with van der Waals surface area (Å²) in [5.74, 6) is 1.63. The van der Waals surface area contributed by atoms with Gasteiger partial charge in [0, 0.05) is 31.6 Å². The van der Waals surface area contributed by atoms with Crippen molar-refractivity contribution in [2.75, 3.05) is 20.3 Å². The van der Waals surface area contributed by atoms with E-state index in [1.165, 1.54) is 0 Å². The van der Waals surface area contributed by atoms with Gasteiger partial charge in [0.2, 0.25) is 0 Å². The third kappa shape index (κ3) is 3.99. The van der Waals surface area contributed by atoms with Crippen molar-refractivity contribution >= 4 is 5.91 Å². The van der Waals surface area contributed by atoms with Gasteiger partial charge >= 0.3 is 0 Å². The van der Waals surface area contributed by atoms with Gasteiger partial charge in [-0.2, -0.15) is 0 Å². The molecular weight excluding hydrogens is 342 g/mol. The topological polar surface area (TPSA) is 56.8 Å². The molecule has 2 aliphatic rings. The van der Waals surface area contributed by atoms with Gasteiger partial charge in [0.05, 0.1) is 12.7 Å². The Balaban J connectivity index is 1.71. The van der Waals surface area contributed by atoms with Gasteiger partial charge < -0.3 is 19.5 Å². The number of amides is 1. The van der Waals surface area contributed by atoms with Gasteiger partial charge in [-0.3, -0.25) is 4.79 Å². The number of carbonyl (C=O) groups excluding carboxylic acids is 1. The zero-order valence-electron chi connectivity index (χ0n) is 17.4. The summed E-state index contributed by atoms with van der Waals surface area (Å²) in [4.78, 5) is 13.1. The van der Waals surface area contributed by atoms with Gasteiger partial charge in [-0.25, -0.2) is 0 Å². The van der Waals surface area contributed by atoms with Crippen molar-refractivity contribution in [1.29, 1.82) is 0 Å². The Hall–Kier alpha value is -1.59. The third-order valence-electron chi connectivity index (χ3n) is 5.89. The molecule has 4 atom stereocenters. The highest BCUT2D eigenvalue weighted by Crippen LogP contribution is 2.44. The van der Waals surface area contributed by atoms with Gasteiger partial charge in [0.1, 0.15) is 5.75 Å². The van der Waals surface area contributed by atoms with Crippen LogP contribution in [0.5, 0.6) is 5.75 Å². The van der Waals surface area contributed by atoms with Crippen molar-refractivity contribution in [3.63, 3.8) is 0 Å². The third-order valence-corrected chi connectivity index (χ3v) is 5.89. The molecular formula is C22H33NO4. The van der Waals surface area contributed by atoms with Crippen LogP contribution in [0.3, 0.4) is 0 Å². The molecule has 0 spiro atoms. The van der Waals surface area contributed by atoms with Crippen molar-refractivity contribution in [2.24, 2.45) is 11.8 Å². The fourth-order valence-electron chi connectivity index (χ4n) is 4.29. The number of ether oxygens (including phenoxy) is 3. The highest BCUT2D eigenvalue weighted by molar-refractivity contribution is 5.85. The van der Waals surface area contributed by atoms with Crippen LogP contribution in [-0.2, 0) is 14.3 Å². The Kier molecular flexibility index (Phi) is 5.82. The van der Waals surface area contributed by atoms with E-state index in [2.05, 4.69) is 31.3 Å². The number of rotatable bonds is 7. The molecule has 1 amide bonds. The standard InChI is InChI=1S/C22H33NO4/c1-13(2)15-8-7-14(3)11-18(15)27-22(4,5)21(24)23-19-16-9-10-26-20(16)17(19)12-25-6/h7-8,11,13,16-17,19-20H,9-10,12H2,1-6H3,(H,23,24)/t16-,17+,19+,20-/m0/s1. The Morgan fingerprint density at radius 1 is 1.37 bits per heavy atom. The molecule has 1 heterocycles. The summed E-state index contributed by atoms with van der Waals surface area (Å²) in [6, 6.07) is 6.28. The first kappa shape index (κ1) is 20.2. The average Bonchev–Trinajstić information content (AvgIpc) is 3.01. The molecule has 1 N–H and O–H groups in total. The van der Waals surface area contributed by atoms with Crippen LogP contribution in [0.25, 0.3) is 0 Å². The van der Waals surface area contributed by atoms with Crippen LogP contribution in [0.15, 0.2) is 18.2 Å². The molecule has 150 valence electrons. The van der Waals surface area contributed by atoms with Crippen molar-refractivity contribution in [1.82, 2.24) is 5.32 Å². The van der Waals surface area contributed by atoms with E-state index in [1.807, 2.05) is 26.8 Å². The van der Waals surface area contributed by atoms with Crippen LogP contribution >= 0.6 is 0 Å². The molecule has 5 heteroatoms. The van der Waals surface area contributed by atoms with Gasteiger partial charge in [-0.15, -0.1) is 0 Å². The Bertz CT molecular complexity index is 685. The summed E-state index contributed by atoms with van der Waals surface area (Å²) in [6.07, 6.45) is 1.20. The highest BCUT2D eigenvalue weighted by atomic mass is 16.5. The van der Waals surface area contributed by atoms with E-state index in [-0.39, 0.29) is 24.0 Å². The van der Waals surface area contributed by atoms with Crippen molar-refractivity contribution < 1.29 is 19.0 Å². The summed E-state index contributed by atoms with van der Waals surface area (Å²) in [5.41, 5.74) is 1.28. The second-order valence-corrected chi connectivity index (χ2v) is 8.71. The summed E-state index contributed by atoms with van der Waals surface area (Å²) in [6.45, 7) is 11.3. The van der Waals surface area contributed by atoms with E-state index in [0.717, 1.165) is 29.9 Å². The number of carbonyl (C=O) groups is 1. The fourth-order valence-corrected chi connectivity index (χ4v) is 4.29. The van der Waals surface area contributed by atoms with Crippen LogP contribution in [0.2, 0.25) is 0 Å². The molecule has 0 unspecified atom stereocenters. The molecule has 1 aliphatic heterocycles. The molecule has 1 aliphatic carbocycles. The lowest BCUT2D eigenvalue weighted by Gasteiger charge is -2.48. The number of benzene rings is 1. The number of nitrogens with one attached hydrogen (secondary N) is 1. The molecule has 1 saturated heterocycles. The molecule has 2 fully saturated rings. The maximum Gasteiger partial charge on any atom is 0.263 e. The van der Waals surface area contributed by atoms with Gasteiger partial charge in [0.25, 0.3) is 5.91 Å². The first-order valence-electron chi connectivity index (χ1n) is 9.95. The second-order valence-electron chi connectivity index (χ2n) is 8.71. The Morgan fingerprint density at radius 3 is 2.78 bits per heavy atom. The first-order valence-corrected chi connectivity index (χ1v) is 9.95. The lowest BCUT2D eigenvalue weighted by Crippen LogP contribution is -2.65. The van der Waals surface area contributed by atoms with Crippen LogP contribution in [0.4, 0.5) is 0 Å². The van der Waals surface area contributed by atoms with E-state index in [0.29, 0.717) is 18.4 Å². The minimum atomic E-state index is -0.959. The molecule has 1 saturated carbocycles. The van der Waals surface area contributed by atoms with Crippen LogP contribution in [0.1, 0.15) is 51.2 Å². The summed E-state index contributed by atoms with van der Waals surface area (Å²) >= 11 is 0. The van der Waals surface area contributed by atoms with E-state index in [4.69, 9.17) is 14.2 Å². The number of hydrogen-bond acceptors (Lipinski definition) is 4. The van der Waals surface area contributed by atoms with E-state index >= 15 is 0 Å². The quantitative estimate of drug-likeness (QED) is 0.793. The van der Waals surface area contributed by atoms with Crippen LogP contribution < -0.4 is 10.1 Å². The summed E-state index contributed by atoms with van der Waals surface area (Å²) < 4.78 is 17.4. The summed E-state index contributed by atoms with van der Waals surface area (Å²) in [7, 11) is 1.69. The van der Waals surface area contributed by atoms with Crippen molar-refractivity contribution in [3.05, 3.63) is 29.3 Å². The van der Waals surface area contributed by atoms with E-state index in [9.17, 15) is 4.79 Å². The smallest absolute Gasteiger partial charge is 0.263 e. The number of aryl methyl sites for hydroxylation is 1. The van der Waals surface area contributed by atoms with Crippen molar-refractivity contribution in [3.8, 4) is 5.75 Å². The number of fused-ring (bicyclic) bond motifs is 1. The molecule has 1 aromatic carbocycles. The Labute approximate surface area is 162 Å². The SMILES string of the molecule is COC[C@@H]1[C@H](NC(=O)C(C)(C)Oc2cc(C)ccc2C(C)C)[C@@H]2CCO[C@H]12. The maximum atomic E-state index is 13.1.